The lowest BCUT2D eigenvalue weighted by molar-refractivity contribution is 0.581. The van der Waals surface area contributed by atoms with Gasteiger partial charge in [0.25, 0.3) is 0 Å². The number of anilines is 1. The van der Waals surface area contributed by atoms with Crippen LogP contribution in [0.1, 0.15) is 32.9 Å². The van der Waals surface area contributed by atoms with Crippen LogP contribution in [0, 0.1) is 0 Å². The molecular weight excluding hydrogens is 222 g/mol. The lowest BCUT2D eigenvalue weighted by atomic mass is 10.1. The third-order valence-electron chi connectivity index (χ3n) is 3.19. The summed E-state index contributed by atoms with van der Waals surface area (Å²) in [5, 5.41) is 3.41. The van der Waals surface area contributed by atoms with Crippen LogP contribution in [0.25, 0.3) is 0 Å². The highest BCUT2D eigenvalue weighted by Gasteiger charge is 2.11. The first kappa shape index (κ1) is 13.1. The first-order valence-electron chi connectivity index (χ1n) is 6.74. The van der Waals surface area contributed by atoms with Gasteiger partial charge in [-0.05, 0) is 25.5 Å². The molecule has 2 rings (SSSR count). The number of nitrogens with zero attached hydrogens (tertiary/aromatic N) is 2. The molecule has 1 aliphatic heterocycles. The van der Waals surface area contributed by atoms with Gasteiger partial charge in [0.1, 0.15) is 0 Å². The van der Waals surface area contributed by atoms with Gasteiger partial charge < -0.3 is 10.2 Å². The highest BCUT2D eigenvalue weighted by atomic mass is 15.1. The fraction of sp³-hybridized carbons (Fsp3) is 0.533. The summed E-state index contributed by atoms with van der Waals surface area (Å²) in [6.07, 6.45) is 5.40. The number of rotatable bonds is 4. The average molecular weight is 245 g/mol. The van der Waals surface area contributed by atoms with E-state index in [1.165, 1.54) is 11.3 Å². The molecule has 0 unspecified atom stereocenters. The molecule has 2 heterocycles. The van der Waals surface area contributed by atoms with Crippen LogP contribution in [0.4, 0.5) is 5.69 Å². The SMILES string of the molecule is CC1=CCCN(c2ccnc(CNC(C)C)c2)C1. The molecular formula is C15H23N3. The van der Waals surface area contributed by atoms with Crippen LogP contribution < -0.4 is 10.2 Å². The Balaban J connectivity index is 2.05. The van der Waals surface area contributed by atoms with Gasteiger partial charge in [-0.3, -0.25) is 4.98 Å². The largest absolute Gasteiger partial charge is 0.367 e. The van der Waals surface area contributed by atoms with Gasteiger partial charge in [-0.2, -0.15) is 0 Å². The standard InChI is InChI=1S/C15H23N3/c1-12(2)17-10-14-9-15(6-7-16-14)18-8-4-5-13(3)11-18/h5-7,9,12,17H,4,8,10-11H2,1-3H3. The van der Waals surface area contributed by atoms with Gasteiger partial charge in [0.15, 0.2) is 0 Å². The van der Waals surface area contributed by atoms with E-state index in [2.05, 4.69) is 54.2 Å². The molecule has 0 aliphatic carbocycles. The van der Waals surface area contributed by atoms with Gasteiger partial charge >= 0.3 is 0 Å². The summed E-state index contributed by atoms with van der Waals surface area (Å²) in [7, 11) is 0. The molecule has 1 aromatic rings. The molecule has 3 heteroatoms. The summed E-state index contributed by atoms with van der Waals surface area (Å²) in [6.45, 7) is 9.51. The van der Waals surface area contributed by atoms with Gasteiger partial charge in [-0.25, -0.2) is 0 Å². The highest BCUT2D eigenvalue weighted by Crippen LogP contribution is 2.19. The van der Waals surface area contributed by atoms with Crippen LogP contribution in [-0.4, -0.2) is 24.1 Å². The molecule has 0 radical (unpaired) electrons. The van der Waals surface area contributed by atoms with Crippen LogP contribution in [0.5, 0.6) is 0 Å². The molecule has 0 saturated carbocycles. The van der Waals surface area contributed by atoms with Crippen molar-refractivity contribution in [2.45, 2.75) is 39.8 Å². The number of hydrogen-bond donors (Lipinski definition) is 1. The Bertz CT molecular complexity index is 424. The predicted molar refractivity (Wildman–Crippen MR) is 76.8 cm³/mol. The molecule has 0 bridgehead atoms. The van der Waals surface area contributed by atoms with E-state index in [-0.39, 0.29) is 0 Å². The Morgan fingerprint density at radius 2 is 2.28 bits per heavy atom. The van der Waals surface area contributed by atoms with Crippen molar-refractivity contribution in [1.29, 1.82) is 0 Å². The van der Waals surface area contributed by atoms with Crippen LogP contribution in [0.15, 0.2) is 30.0 Å². The number of hydrogen-bond acceptors (Lipinski definition) is 3. The Morgan fingerprint density at radius 3 is 3.00 bits per heavy atom. The minimum absolute atomic E-state index is 0.496. The smallest absolute Gasteiger partial charge is 0.0562 e. The quantitative estimate of drug-likeness (QED) is 0.827. The molecule has 0 atom stereocenters. The summed E-state index contributed by atoms with van der Waals surface area (Å²) < 4.78 is 0. The molecule has 0 fully saturated rings. The van der Waals surface area contributed by atoms with E-state index in [0.29, 0.717) is 6.04 Å². The van der Waals surface area contributed by atoms with E-state index in [0.717, 1.165) is 31.7 Å². The molecule has 1 aromatic heterocycles. The van der Waals surface area contributed by atoms with Crippen LogP contribution in [0.2, 0.25) is 0 Å². The average Bonchev–Trinajstić information content (AvgIpc) is 2.37. The Morgan fingerprint density at radius 1 is 1.44 bits per heavy atom. The molecule has 0 spiro atoms. The number of aromatic nitrogens is 1. The van der Waals surface area contributed by atoms with E-state index in [4.69, 9.17) is 0 Å². The van der Waals surface area contributed by atoms with Crippen molar-refractivity contribution in [2.75, 3.05) is 18.0 Å². The molecule has 98 valence electrons. The lowest BCUT2D eigenvalue weighted by Gasteiger charge is -2.28. The molecule has 1 aliphatic rings. The normalized spacial score (nSPS) is 16.0. The van der Waals surface area contributed by atoms with Crippen molar-refractivity contribution in [3.63, 3.8) is 0 Å². The second kappa shape index (κ2) is 6.01. The van der Waals surface area contributed by atoms with Crippen LogP contribution in [-0.2, 0) is 6.54 Å². The van der Waals surface area contributed by atoms with Crippen LogP contribution >= 0.6 is 0 Å². The van der Waals surface area contributed by atoms with Crippen molar-refractivity contribution in [2.24, 2.45) is 0 Å². The maximum atomic E-state index is 4.42. The minimum Gasteiger partial charge on any atom is -0.367 e. The first-order chi connectivity index (χ1) is 8.65. The van der Waals surface area contributed by atoms with Gasteiger partial charge in [0.2, 0.25) is 0 Å². The molecule has 0 saturated heterocycles. The van der Waals surface area contributed by atoms with Gasteiger partial charge in [0, 0.05) is 37.6 Å². The summed E-state index contributed by atoms with van der Waals surface area (Å²) >= 11 is 0. The van der Waals surface area contributed by atoms with E-state index in [9.17, 15) is 0 Å². The molecule has 0 amide bonds. The van der Waals surface area contributed by atoms with Crippen molar-refractivity contribution in [3.05, 3.63) is 35.7 Å². The highest BCUT2D eigenvalue weighted by molar-refractivity contribution is 5.48. The number of nitrogens with one attached hydrogen (secondary N) is 1. The van der Waals surface area contributed by atoms with Gasteiger partial charge in [0.05, 0.1) is 5.69 Å². The monoisotopic (exact) mass is 245 g/mol. The van der Waals surface area contributed by atoms with Crippen molar-refractivity contribution in [3.8, 4) is 0 Å². The first-order valence-corrected chi connectivity index (χ1v) is 6.74. The molecule has 3 nitrogen and oxygen atoms in total. The van der Waals surface area contributed by atoms with E-state index >= 15 is 0 Å². The van der Waals surface area contributed by atoms with E-state index in [1.807, 2.05) is 6.20 Å². The fourth-order valence-electron chi connectivity index (χ4n) is 2.20. The zero-order valence-corrected chi connectivity index (χ0v) is 11.6. The van der Waals surface area contributed by atoms with Crippen molar-refractivity contribution >= 4 is 5.69 Å². The van der Waals surface area contributed by atoms with Crippen molar-refractivity contribution < 1.29 is 0 Å². The molecule has 1 N–H and O–H groups in total. The summed E-state index contributed by atoms with van der Waals surface area (Å²) in [5.41, 5.74) is 3.87. The topological polar surface area (TPSA) is 28.2 Å². The zero-order valence-electron chi connectivity index (χ0n) is 11.6. The zero-order chi connectivity index (χ0) is 13.0. The Labute approximate surface area is 110 Å². The van der Waals surface area contributed by atoms with Gasteiger partial charge in [-0.1, -0.05) is 25.5 Å². The lowest BCUT2D eigenvalue weighted by Crippen LogP contribution is -2.29. The summed E-state index contributed by atoms with van der Waals surface area (Å²) in [4.78, 5) is 6.85. The Hall–Kier alpha value is -1.35. The second-order valence-electron chi connectivity index (χ2n) is 5.30. The summed E-state index contributed by atoms with van der Waals surface area (Å²) in [5.74, 6) is 0. The molecule has 18 heavy (non-hydrogen) atoms. The second-order valence-corrected chi connectivity index (χ2v) is 5.30. The van der Waals surface area contributed by atoms with Crippen LogP contribution in [0.3, 0.4) is 0 Å². The van der Waals surface area contributed by atoms with Gasteiger partial charge in [-0.15, -0.1) is 0 Å². The fourth-order valence-corrected chi connectivity index (χ4v) is 2.20. The Kier molecular flexibility index (Phi) is 4.37. The third kappa shape index (κ3) is 3.57. The maximum absolute atomic E-state index is 4.42. The molecule has 0 aromatic carbocycles. The minimum atomic E-state index is 0.496. The van der Waals surface area contributed by atoms with E-state index in [1.54, 1.807) is 0 Å². The maximum Gasteiger partial charge on any atom is 0.0562 e. The summed E-state index contributed by atoms with van der Waals surface area (Å²) in [6, 6.07) is 4.81. The predicted octanol–water partition coefficient (Wildman–Crippen LogP) is 2.74. The third-order valence-corrected chi connectivity index (χ3v) is 3.19. The van der Waals surface area contributed by atoms with Crippen molar-refractivity contribution in [1.82, 2.24) is 10.3 Å². The number of pyridine rings is 1. The van der Waals surface area contributed by atoms with E-state index < -0.39 is 0 Å².